The third-order valence-electron chi connectivity index (χ3n) is 3.34. The second-order valence-corrected chi connectivity index (χ2v) is 5.43. The number of aryl methyl sites for hydroxylation is 1. The molecule has 0 aliphatic carbocycles. The van der Waals surface area contributed by atoms with Gasteiger partial charge in [-0.2, -0.15) is 5.10 Å². The molecule has 0 fully saturated rings. The fourth-order valence-electron chi connectivity index (χ4n) is 2.14. The summed E-state index contributed by atoms with van der Waals surface area (Å²) in [7, 11) is 0. The van der Waals surface area contributed by atoms with E-state index in [1.807, 2.05) is 37.4 Å². The van der Waals surface area contributed by atoms with Crippen LogP contribution in [0.5, 0.6) is 11.6 Å². The van der Waals surface area contributed by atoms with E-state index in [0.29, 0.717) is 23.2 Å². The summed E-state index contributed by atoms with van der Waals surface area (Å²) in [6.07, 6.45) is 3.48. The molecule has 5 nitrogen and oxygen atoms in total. The van der Waals surface area contributed by atoms with E-state index in [-0.39, 0.29) is 0 Å². The van der Waals surface area contributed by atoms with Gasteiger partial charge in [0.25, 0.3) is 0 Å². The molecule has 1 aromatic carbocycles. The van der Waals surface area contributed by atoms with Gasteiger partial charge in [-0.1, -0.05) is 19.9 Å². The summed E-state index contributed by atoms with van der Waals surface area (Å²) in [5, 5.41) is 4.52. The molecule has 0 aliphatic rings. The molecular formula is C16H18N4O. The summed E-state index contributed by atoms with van der Waals surface area (Å²) < 4.78 is 7.65. The number of hydrogen-bond donors (Lipinski definition) is 1. The topological polar surface area (TPSA) is 65.4 Å². The Morgan fingerprint density at radius 1 is 1.24 bits per heavy atom. The van der Waals surface area contributed by atoms with E-state index < -0.39 is 0 Å². The van der Waals surface area contributed by atoms with Crippen molar-refractivity contribution in [2.75, 3.05) is 5.73 Å². The highest BCUT2D eigenvalue weighted by molar-refractivity contribution is 5.61. The first-order valence-electron chi connectivity index (χ1n) is 6.93. The number of ether oxygens (including phenoxy) is 1. The van der Waals surface area contributed by atoms with Crippen LogP contribution < -0.4 is 10.5 Å². The van der Waals surface area contributed by atoms with E-state index in [4.69, 9.17) is 10.5 Å². The molecule has 0 spiro atoms. The lowest BCUT2D eigenvalue weighted by molar-refractivity contribution is 0.467. The average molecular weight is 282 g/mol. The molecule has 108 valence electrons. The van der Waals surface area contributed by atoms with Crippen LogP contribution in [0, 0.1) is 6.92 Å². The van der Waals surface area contributed by atoms with Crippen molar-refractivity contribution in [3.05, 3.63) is 47.9 Å². The van der Waals surface area contributed by atoms with Gasteiger partial charge >= 0.3 is 0 Å². The van der Waals surface area contributed by atoms with E-state index >= 15 is 0 Å². The van der Waals surface area contributed by atoms with Gasteiger partial charge in [-0.3, -0.25) is 0 Å². The SMILES string of the molecule is Cc1ccc(Oc2nccn3nc(C(C)C)cc23)c(N)c1. The fraction of sp³-hybridized carbons (Fsp3) is 0.250. The number of aromatic nitrogens is 3. The van der Waals surface area contributed by atoms with Crippen molar-refractivity contribution in [1.29, 1.82) is 0 Å². The first-order chi connectivity index (χ1) is 10.0. The molecule has 0 saturated carbocycles. The molecule has 3 aromatic rings. The summed E-state index contributed by atoms with van der Waals surface area (Å²) in [5.41, 5.74) is 9.52. The van der Waals surface area contributed by atoms with Gasteiger partial charge in [-0.05, 0) is 36.6 Å². The summed E-state index contributed by atoms with van der Waals surface area (Å²) in [5.74, 6) is 1.46. The largest absolute Gasteiger partial charge is 0.435 e. The van der Waals surface area contributed by atoms with Crippen molar-refractivity contribution in [1.82, 2.24) is 14.6 Å². The number of benzene rings is 1. The number of rotatable bonds is 3. The molecule has 2 aromatic heterocycles. The smallest absolute Gasteiger partial charge is 0.245 e. The Morgan fingerprint density at radius 3 is 2.76 bits per heavy atom. The van der Waals surface area contributed by atoms with Crippen LogP contribution in [0.25, 0.3) is 5.52 Å². The Morgan fingerprint density at radius 2 is 2.05 bits per heavy atom. The Balaban J connectivity index is 2.04. The first kappa shape index (κ1) is 13.4. The minimum atomic E-state index is 0.349. The molecular weight excluding hydrogens is 264 g/mol. The van der Waals surface area contributed by atoms with Crippen LogP contribution in [0.1, 0.15) is 31.0 Å². The third-order valence-corrected chi connectivity index (χ3v) is 3.34. The summed E-state index contributed by atoms with van der Waals surface area (Å²) >= 11 is 0. The van der Waals surface area contributed by atoms with E-state index in [2.05, 4.69) is 23.9 Å². The zero-order chi connectivity index (χ0) is 15.0. The molecule has 0 atom stereocenters. The number of nitrogens with two attached hydrogens (primary N) is 1. The lowest BCUT2D eigenvalue weighted by Gasteiger charge is -2.08. The zero-order valence-electron chi connectivity index (χ0n) is 12.4. The molecule has 0 bridgehead atoms. The maximum Gasteiger partial charge on any atom is 0.245 e. The van der Waals surface area contributed by atoms with Gasteiger partial charge in [0.15, 0.2) is 5.75 Å². The van der Waals surface area contributed by atoms with Crippen molar-refractivity contribution >= 4 is 11.2 Å². The predicted molar refractivity (Wildman–Crippen MR) is 82.7 cm³/mol. The summed E-state index contributed by atoms with van der Waals surface area (Å²) in [4.78, 5) is 4.30. The van der Waals surface area contributed by atoms with Crippen LogP contribution in [-0.4, -0.2) is 14.6 Å². The van der Waals surface area contributed by atoms with E-state index in [1.54, 1.807) is 10.7 Å². The van der Waals surface area contributed by atoms with Crippen molar-refractivity contribution in [2.45, 2.75) is 26.7 Å². The molecule has 0 aliphatic heterocycles. The molecule has 2 heterocycles. The second-order valence-electron chi connectivity index (χ2n) is 5.43. The highest BCUT2D eigenvalue weighted by Crippen LogP contribution is 2.30. The van der Waals surface area contributed by atoms with Crippen molar-refractivity contribution < 1.29 is 4.74 Å². The van der Waals surface area contributed by atoms with E-state index in [0.717, 1.165) is 16.8 Å². The van der Waals surface area contributed by atoms with Crippen LogP contribution in [0.3, 0.4) is 0 Å². The monoisotopic (exact) mass is 282 g/mol. The van der Waals surface area contributed by atoms with Gasteiger partial charge in [-0.25, -0.2) is 9.50 Å². The van der Waals surface area contributed by atoms with Crippen LogP contribution in [0.15, 0.2) is 36.7 Å². The minimum absolute atomic E-state index is 0.349. The number of anilines is 1. The Hall–Kier alpha value is -2.56. The van der Waals surface area contributed by atoms with E-state index in [9.17, 15) is 0 Å². The lowest BCUT2D eigenvalue weighted by atomic mass is 10.1. The number of nitrogen functional groups attached to an aromatic ring is 1. The maximum atomic E-state index is 5.99. The summed E-state index contributed by atoms with van der Waals surface area (Å²) in [6, 6.07) is 7.69. The van der Waals surface area contributed by atoms with Crippen molar-refractivity contribution in [3.63, 3.8) is 0 Å². The maximum absolute atomic E-state index is 5.99. The zero-order valence-corrected chi connectivity index (χ0v) is 12.4. The van der Waals surface area contributed by atoms with Crippen LogP contribution in [0.4, 0.5) is 5.69 Å². The van der Waals surface area contributed by atoms with E-state index in [1.165, 1.54) is 0 Å². The van der Waals surface area contributed by atoms with Gasteiger partial charge in [0, 0.05) is 12.4 Å². The lowest BCUT2D eigenvalue weighted by Crippen LogP contribution is -1.97. The quantitative estimate of drug-likeness (QED) is 0.746. The Kier molecular flexibility index (Phi) is 3.25. The molecule has 5 heteroatoms. The minimum Gasteiger partial charge on any atom is -0.435 e. The molecule has 0 saturated heterocycles. The molecule has 0 amide bonds. The standard InChI is InChI=1S/C16H18N4O/c1-10(2)13-9-14-16(18-6-7-20(14)19-13)21-15-5-4-11(3)8-12(15)17/h4-10H,17H2,1-3H3. The van der Waals surface area contributed by atoms with Gasteiger partial charge in [0.1, 0.15) is 5.52 Å². The molecule has 0 radical (unpaired) electrons. The predicted octanol–water partition coefficient (Wildman–Crippen LogP) is 3.54. The van der Waals surface area contributed by atoms with Crippen LogP contribution in [-0.2, 0) is 0 Å². The normalized spacial score (nSPS) is 11.2. The molecule has 21 heavy (non-hydrogen) atoms. The highest BCUT2D eigenvalue weighted by Gasteiger charge is 2.12. The van der Waals surface area contributed by atoms with Gasteiger partial charge in [0.05, 0.1) is 11.4 Å². The molecule has 2 N–H and O–H groups in total. The third kappa shape index (κ3) is 2.54. The fourth-order valence-corrected chi connectivity index (χ4v) is 2.14. The molecule has 0 unspecified atom stereocenters. The number of nitrogens with zero attached hydrogens (tertiary/aromatic N) is 3. The van der Waals surface area contributed by atoms with Crippen molar-refractivity contribution in [2.24, 2.45) is 0 Å². The number of hydrogen-bond acceptors (Lipinski definition) is 4. The van der Waals surface area contributed by atoms with Crippen LogP contribution >= 0.6 is 0 Å². The van der Waals surface area contributed by atoms with Gasteiger partial charge in [-0.15, -0.1) is 0 Å². The Bertz CT molecular complexity index is 792. The Labute approximate surface area is 123 Å². The van der Waals surface area contributed by atoms with Crippen LogP contribution in [0.2, 0.25) is 0 Å². The van der Waals surface area contributed by atoms with Crippen molar-refractivity contribution in [3.8, 4) is 11.6 Å². The number of fused-ring (bicyclic) bond motifs is 1. The highest BCUT2D eigenvalue weighted by atomic mass is 16.5. The first-order valence-corrected chi connectivity index (χ1v) is 6.93. The molecule has 3 rings (SSSR count). The van der Waals surface area contributed by atoms with Gasteiger partial charge in [0.2, 0.25) is 5.88 Å². The average Bonchev–Trinajstić information content (AvgIpc) is 2.87. The second kappa shape index (κ2) is 5.09. The van der Waals surface area contributed by atoms with Gasteiger partial charge < -0.3 is 10.5 Å². The summed E-state index contributed by atoms with van der Waals surface area (Å²) in [6.45, 7) is 6.20.